The largest absolute Gasteiger partial charge is 0.415 e. The summed E-state index contributed by atoms with van der Waals surface area (Å²) in [6.45, 7) is 0. The van der Waals surface area contributed by atoms with E-state index >= 15 is 0 Å². The van der Waals surface area contributed by atoms with Crippen molar-refractivity contribution < 1.29 is 4.43 Å². The molecule has 0 atom stereocenters. The highest BCUT2D eigenvalue weighted by Crippen LogP contribution is 1.65. The monoisotopic (exact) mass is 96.0 g/mol. The zero-order valence-electron chi connectivity index (χ0n) is 2.49. The Kier molecular flexibility index (Phi) is 3.87. The van der Waals surface area contributed by atoms with Crippen LogP contribution in [0.25, 0.3) is 0 Å². The van der Waals surface area contributed by atoms with Crippen LogP contribution in [0, 0.1) is 0 Å². The molecule has 0 unspecified atom stereocenters. The maximum atomic E-state index is 5.00. The highest BCUT2D eigenvalue weighted by molar-refractivity contribution is 6.18. The summed E-state index contributed by atoms with van der Waals surface area (Å²) >= 11 is 5.00. The second kappa shape index (κ2) is 3.47. The van der Waals surface area contributed by atoms with Gasteiger partial charge in [0.1, 0.15) is 16.6 Å². The molecule has 4 heavy (non-hydrogen) atoms. The molecule has 0 N–H and O–H groups in total. The second-order valence-corrected chi connectivity index (χ2v) is 1.19. The van der Waals surface area contributed by atoms with E-state index in [9.17, 15) is 0 Å². The van der Waals surface area contributed by atoms with Gasteiger partial charge < -0.3 is 4.43 Å². The molecule has 1 nitrogen and oxygen atoms in total. The first-order chi connectivity index (χ1) is 1.91. The number of rotatable bonds is 1. The van der Waals surface area contributed by atoms with Crippen LogP contribution in [-0.2, 0) is 4.43 Å². The van der Waals surface area contributed by atoms with E-state index in [1.54, 1.807) is 0 Å². The van der Waals surface area contributed by atoms with Gasteiger partial charge in [-0.25, -0.2) is 0 Å². The smallest absolute Gasteiger partial charge is 0.147 e. The van der Waals surface area contributed by atoms with Crippen LogP contribution in [0.5, 0.6) is 0 Å². The average molecular weight is 96.6 g/mol. The van der Waals surface area contributed by atoms with Gasteiger partial charge >= 0.3 is 0 Å². The Hall–Kier alpha value is 0.467. The lowest BCUT2D eigenvalue weighted by atomic mass is 11.7. The van der Waals surface area contributed by atoms with Crippen molar-refractivity contribution in [2.24, 2.45) is 0 Å². The molecule has 0 aliphatic carbocycles. The lowest BCUT2D eigenvalue weighted by Gasteiger charge is -1.74. The van der Waals surface area contributed by atoms with E-state index in [-0.39, 0.29) is 0 Å². The Labute approximate surface area is 33.5 Å². The third kappa shape index (κ3) is 2.47. The van der Waals surface area contributed by atoms with Crippen LogP contribution in [0.2, 0.25) is 0 Å². The van der Waals surface area contributed by atoms with Crippen LogP contribution in [0.3, 0.4) is 0 Å². The Morgan fingerprint density at radius 1 is 2.00 bits per heavy atom. The molecule has 0 spiro atoms. The third-order valence-corrected chi connectivity index (χ3v) is 0.982. The standard InChI is InChI=1S/CH5ClOSi/c2-1-3-4/h1H2,4H3. The van der Waals surface area contributed by atoms with Crippen molar-refractivity contribution >= 4 is 22.1 Å². The molecule has 0 aliphatic rings. The van der Waals surface area contributed by atoms with E-state index in [4.69, 9.17) is 11.6 Å². The summed E-state index contributed by atoms with van der Waals surface area (Å²) in [7, 11) is 0.758. The molecule has 0 aliphatic heterocycles. The fraction of sp³-hybridized carbons (Fsp3) is 1.00. The Morgan fingerprint density at radius 2 is 2.25 bits per heavy atom. The van der Waals surface area contributed by atoms with Crippen LogP contribution in [0.15, 0.2) is 0 Å². The van der Waals surface area contributed by atoms with Crippen LogP contribution in [-0.4, -0.2) is 16.6 Å². The van der Waals surface area contributed by atoms with Crippen LogP contribution < -0.4 is 0 Å². The first kappa shape index (κ1) is 4.47. The van der Waals surface area contributed by atoms with E-state index in [0.717, 1.165) is 10.5 Å². The molecule has 0 radical (unpaired) electrons. The molecule has 0 aromatic carbocycles. The molecule has 3 heteroatoms. The average Bonchev–Trinajstić information content (AvgIpc) is 1.37. The number of hydrogen-bond acceptors (Lipinski definition) is 1. The molecule has 0 heterocycles. The first-order valence-corrected chi connectivity index (χ1v) is 2.32. The molecular weight excluding hydrogens is 91.5 g/mol. The fourth-order valence-electron chi connectivity index (χ4n) is 0. The summed E-state index contributed by atoms with van der Waals surface area (Å²) in [5.74, 6) is 0. The number of alkyl halides is 1. The van der Waals surface area contributed by atoms with Crippen molar-refractivity contribution in [3.63, 3.8) is 0 Å². The SMILES string of the molecule is [SiH3]OCCl. The van der Waals surface area contributed by atoms with Crippen LogP contribution in [0.4, 0.5) is 0 Å². The van der Waals surface area contributed by atoms with Crippen molar-refractivity contribution in [1.29, 1.82) is 0 Å². The van der Waals surface area contributed by atoms with Gasteiger partial charge in [0.05, 0.1) is 0 Å². The summed E-state index contributed by atoms with van der Waals surface area (Å²) < 4.78 is 4.45. The van der Waals surface area contributed by atoms with Gasteiger partial charge in [-0.3, -0.25) is 0 Å². The van der Waals surface area contributed by atoms with Gasteiger partial charge in [-0.15, -0.1) is 0 Å². The molecule has 0 aromatic heterocycles. The van der Waals surface area contributed by atoms with Crippen LogP contribution in [0.1, 0.15) is 0 Å². The second-order valence-electron chi connectivity index (χ2n) is 0.398. The zero-order chi connectivity index (χ0) is 3.41. The van der Waals surface area contributed by atoms with Crippen molar-refractivity contribution in [2.45, 2.75) is 0 Å². The van der Waals surface area contributed by atoms with Gasteiger partial charge in [0, 0.05) is 0 Å². The molecule has 0 amide bonds. The van der Waals surface area contributed by atoms with Crippen molar-refractivity contribution in [3.8, 4) is 0 Å². The minimum atomic E-state index is 0.353. The molecule has 0 bridgehead atoms. The predicted octanol–water partition coefficient (Wildman–Crippen LogP) is -0.520. The van der Waals surface area contributed by atoms with Gasteiger partial charge in [-0.05, 0) is 0 Å². The first-order valence-electron chi connectivity index (χ1n) is 0.964. The molecule has 0 rings (SSSR count). The maximum Gasteiger partial charge on any atom is 0.147 e. The number of halogens is 1. The summed E-state index contributed by atoms with van der Waals surface area (Å²) in [4.78, 5) is 0. The van der Waals surface area contributed by atoms with Gasteiger partial charge in [0.15, 0.2) is 0 Å². The summed E-state index contributed by atoms with van der Waals surface area (Å²) in [6, 6.07) is 0.353. The normalized spacial score (nSPS) is 8.25. The molecular formula is CH5ClOSi. The summed E-state index contributed by atoms with van der Waals surface area (Å²) in [5, 5.41) is 0. The topological polar surface area (TPSA) is 9.23 Å². The lowest BCUT2D eigenvalue weighted by molar-refractivity contribution is 0.430. The predicted molar refractivity (Wildman–Crippen MR) is 21.7 cm³/mol. The molecule has 0 aromatic rings. The van der Waals surface area contributed by atoms with Gasteiger partial charge in [-0.2, -0.15) is 0 Å². The minimum absolute atomic E-state index is 0.353. The van der Waals surface area contributed by atoms with Gasteiger partial charge in [0.2, 0.25) is 0 Å². The maximum absolute atomic E-state index is 5.00. The van der Waals surface area contributed by atoms with E-state index in [2.05, 4.69) is 4.43 Å². The fourth-order valence-corrected chi connectivity index (χ4v) is 0. The highest BCUT2D eigenvalue weighted by Gasteiger charge is 1.54. The van der Waals surface area contributed by atoms with E-state index in [1.165, 1.54) is 0 Å². The minimum Gasteiger partial charge on any atom is -0.415 e. The Bertz CT molecular complexity index is 10.0. The van der Waals surface area contributed by atoms with Gasteiger partial charge in [-0.1, -0.05) is 11.6 Å². The van der Waals surface area contributed by atoms with Crippen LogP contribution >= 0.6 is 11.6 Å². The third-order valence-electron chi connectivity index (χ3n) is 0.109. The van der Waals surface area contributed by atoms with Crippen molar-refractivity contribution in [2.75, 3.05) is 6.07 Å². The Balaban J connectivity index is 1.97. The van der Waals surface area contributed by atoms with E-state index < -0.39 is 0 Å². The van der Waals surface area contributed by atoms with Crippen molar-refractivity contribution in [3.05, 3.63) is 0 Å². The summed E-state index contributed by atoms with van der Waals surface area (Å²) in [5.41, 5.74) is 0. The molecule has 0 fully saturated rings. The molecule has 0 saturated carbocycles. The quantitative estimate of drug-likeness (QED) is 0.315. The molecule has 0 saturated heterocycles. The van der Waals surface area contributed by atoms with Crippen molar-refractivity contribution in [1.82, 2.24) is 0 Å². The number of hydrogen-bond donors (Lipinski definition) is 0. The van der Waals surface area contributed by atoms with Gasteiger partial charge in [0.25, 0.3) is 0 Å². The Morgan fingerprint density at radius 3 is 2.25 bits per heavy atom. The lowest BCUT2D eigenvalue weighted by Crippen LogP contribution is -1.72. The van der Waals surface area contributed by atoms with E-state index in [1.807, 2.05) is 0 Å². The highest BCUT2D eigenvalue weighted by atomic mass is 35.5. The van der Waals surface area contributed by atoms with E-state index in [0.29, 0.717) is 6.07 Å². The summed E-state index contributed by atoms with van der Waals surface area (Å²) in [6.07, 6.45) is 0. The zero-order valence-corrected chi connectivity index (χ0v) is 5.25. The molecule has 26 valence electrons.